The molecule has 0 aromatic heterocycles. The standard InChI is InChI=1S/C36H56N2O6S/c1-7-25-31(39)30-27-12-11-26(34(27,5)19-15-28(30)35(6)16-8-9-17-36(25,35)37)22(2)21-43-32(40)38-45(41,42)24-10-13-29-23(20-24)14-18-33(3,4)44-29/h10,13,20,22,25-28,30-31,39H,7-9,11-12,14-19,21,37H2,1-6H3,(H,38,40)/t22-,25+,26?,27+,28+,30?,31-,34?,35?,36?/m1/s1. The predicted molar refractivity (Wildman–Crippen MR) is 174 cm³/mol. The van der Waals surface area contributed by atoms with Crippen molar-refractivity contribution in [3.05, 3.63) is 23.8 Å². The molecule has 1 aromatic carbocycles. The lowest BCUT2D eigenvalue weighted by Crippen LogP contribution is -2.73. The van der Waals surface area contributed by atoms with Crippen LogP contribution in [0.3, 0.4) is 0 Å². The number of amides is 1. The topological polar surface area (TPSA) is 128 Å². The first-order valence-electron chi connectivity index (χ1n) is 17.5. The fourth-order valence-corrected chi connectivity index (χ4v) is 12.4. The van der Waals surface area contributed by atoms with Crippen molar-refractivity contribution in [2.24, 2.45) is 52.1 Å². The number of nitrogens with one attached hydrogen (secondary N) is 1. The number of carbonyl (C=O) groups is 1. The molecule has 0 saturated heterocycles. The monoisotopic (exact) mass is 644 g/mol. The van der Waals surface area contributed by atoms with Gasteiger partial charge >= 0.3 is 6.09 Å². The summed E-state index contributed by atoms with van der Waals surface area (Å²) in [6.07, 6.45) is 9.86. The van der Waals surface area contributed by atoms with Crippen LogP contribution in [0.25, 0.3) is 0 Å². The van der Waals surface area contributed by atoms with E-state index in [1.165, 1.54) is 12.5 Å². The Hall–Kier alpha value is -1.84. The molecule has 45 heavy (non-hydrogen) atoms. The number of hydrogen-bond acceptors (Lipinski definition) is 7. The molecule has 1 amide bonds. The van der Waals surface area contributed by atoms with Crippen LogP contribution in [-0.2, 0) is 21.2 Å². The van der Waals surface area contributed by atoms with Crippen molar-refractivity contribution in [3.8, 4) is 5.75 Å². The molecule has 1 aliphatic heterocycles. The van der Waals surface area contributed by atoms with E-state index >= 15 is 0 Å². The fourth-order valence-electron chi connectivity index (χ4n) is 11.5. The number of ether oxygens (including phenoxy) is 2. The molecule has 0 spiro atoms. The molecule has 5 aliphatic rings. The van der Waals surface area contributed by atoms with Gasteiger partial charge in [-0.05, 0) is 136 Å². The zero-order valence-electron chi connectivity index (χ0n) is 28.2. The van der Waals surface area contributed by atoms with Gasteiger partial charge in [-0.3, -0.25) is 0 Å². The highest BCUT2D eigenvalue weighted by molar-refractivity contribution is 7.90. The molecule has 5 unspecified atom stereocenters. The number of fused-ring (bicyclic) bond motifs is 6. The van der Waals surface area contributed by atoms with E-state index < -0.39 is 16.1 Å². The predicted octanol–water partition coefficient (Wildman–Crippen LogP) is 6.58. The average Bonchev–Trinajstić information content (AvgIpc) is 3.33. The molecule has 4 saturated carbocycles. The third kappa shape index (κ3) is 5.31. The minimum atomic E-state index is -4.09. The molecule has 252 valence electrons. The second-order valence-corrected chi connectivity index (χ2v) is 18.2. The van der Waals surface area contributed by atoms with Gasteiger partial charge in [-0.1, -0.05) is 40.5 Å². The van der Waals surface area contributed by atoms with Gasteiger partial charge in [-0.15, -0.1) is 0 Å². The Kier molecular flexibility index (Phi) is 8.38. The third-order valence-electron chi connectivity index (χ3n) is 13.8. The molecule has 9 heteroatoms. The van der Waals surface area contributed by atoms with Crippen molar-refractivity contribution in [2.75, 3.05) is 6.61 Å². The summed E-state index contributed by atoms with van der Waals surface area (Å²) >= 11 is 0. The molecule has 8 nitrogen and oxygen atoms in total. The molecule has 4 N–H and O–H groups in total. The Balaban J connectivity index is 1.11. The Morgan fingerprint density at radius 3 is 2.56 bits per heavy atom. The van der Waals surface area contributed by atoms with Crippen LogP contribution in [0.1, 0.15) is 111 Å². The Morgan fingerprint density at radius 2 is 1.82 bits per heavy atom. The molecule has 1 heterocycles. The Labute approximate surface area is 270 Å². The normalized spacial score (nSPS) is 41.0. The molecule has 0 bridgehead atoms. The number of hydrogen-bond donors (Lipinski definition) is 3. The molecule has 6 rings (SSSR count). The van der Waals surface area contributed by atoms with Crippen LogP contribution < -0.4 is 15.2 Å². The van der Waals surface area contributed by atoms with E-state index in [1.54, 1.807) is 12.1 Å². The Bertz CT molecular complexity index is 1410. The minimum Gasteiger partial charge on any atom is -0.488 e. The highest BCUT2D eigenvalue weighted by Crippen LogP contribution is 2.69. The summed E-state index contributed by atoms with van der Waals surface area (Å²) in [6, 6.07) is 4.72. The van der Waals surface area contributed by atoms with E-state index in [9.17, 15) is 18.3 Å². The van der Waals surface area contributed by atoms with Crippen LogP contribution in [0, 0.1) is 46.3 Å². The number of benzene rings is 1. The van der Waals surface area contributed by atoms with Crippen molar-refractivity contribution in [1.29, 1.82) is 0 Å². The molecular formula is C36H56N2O6S. The van der Waals surface area contributed by atoms with Gasteiger partial charge in [-0.2, -0.15) is 0 Å². The van der Waals surface area contributed by atoms with Crippen molar-refractivity contribution in [3.63, 3.8) is 0 Å². The lowest BCUT2D eigenvalue weighted by atomic mass is 9.39. The quantitative estimate of drug-likeness (QED) is 0.319. The van der Waals surface area contributed by atoms with E-state index in [4.69, 9.17) is 15.2 Å². The van der Waals surface area contributed by atoms with Gasteiger partial charge in [0.2, 0.25) is 0 Å². The number of sulfonamides is 1. The molecule has 4 fully saturated rings. The maximum absolute atomic E-state index is 13.1. The maximum Gasteiger partial charge on any atom is 0.421 e. The highest BCUT2D eigenvalue weighted by atomic mass is 32.2. The molecule has 10 atom stereocenters. The summed E-state index contributed by atoms with van der Waals surface area (Å²) < 4.78 is 39.8. The van der Waals surface area contributed by atoms with Crippen molar-refractivity contribution >= 4 is 16.1 Å². The lowest BCUT2D eigenvalue weighted by Gasteiger charge is -2.68. The van der Waals surface area contributed by atoms with Gasteiger partial charge in [0, 0.05) is 11.5 Å². The first-order valence-corrected chi connectivity index (χ1v) is 19.0. The summed E-state index contributed by atoms with van der Waals surface area (Å²) in [4.78, 5) is 12.8. The number of aliphatic hydroxyl groups excluding tert-OH is 1. The first kappa shape index (κ1) is 33.1. The van der Waals surface area contributed by atoms with Crippen molar-refractivity contribution < 1.29 is 27.8 Å². The number of carbonyl (C=O) groups excluding carboxylic acids is 1. The first-order chi connectivity index (χ1) is 21.1. The van der Waals surface area contributed by atoms with Gasteiger partial charge in [0.25, 0.3) is 10.0 Å². The van der Waals surface area contributed by atoms with E-state index in [0.29, 0.717) is 29.9 Å². The second kappa shape index (κ2) is 11.4. The summed E-state index contributed by atoms with van der Waals surface area (Å²) in [6.45, 7) is 13.3. The summed E-state index contributed by atoms with van der Waals surface area (Å²) in [7, 11) is -4.09. The van der Waals surface area contributed by atoms with Gasteiger partial charge in [0.05, 0.1) is 17.6 Å². The van der Waals surface area contributed by atoms with E-state index in [0.717, 1.165) is 63.4 Å². The Morgan fingerprint density at radius 1 is 1.09 bits per heavy atom. The van der Waals surface area contributed by atoms with Crippen LogP contribution in [0.4, 0.5) is 4.79 Å². The second-order valence-electron chi connectivity index (χ2n) is 16.5. The maximum atomic E-state index is 13.1. The zero-order chi connectivity index (χ0) is 32.6. The SMILES string of the molecule is CC[C@H]1[C@@H](O)C2[C@@H]3CCC([C@H](C)COC(=O)NS(=O)(=O)c4ccc5c(c4)CCC(C)(C)O5)C3(C)CC[C@@H]2C2(C)CCCCC12N. The molecule has 1 aromatic rings. The van der Waals surface area contributed by atoms with Crippen LogP contribution in [-0.4, -0.2) is 43.5 Å². The summed E-state index contributed by atoms with van der Waals surface area (Å²) in [5.74, 6) is 2.27. The largest absolute Gasteiger partial charge is 0.488 e. The summed E-state index contributed by atoms with van der Waals surface area (Å²) in [5.41, 5.74) is 7.63. The minimum absolute atomic E-state index is 0.0297. The van der Waals surface area contributed by atoms with Crippen LogP contribution >= 0.6 is 0 Å². The molecular weight excluding hydrogens is 588 g/mol. The van der Waals surface area contributed by atoms with E-state index in [-0.39, 0.29) is 57.3 Å². The van der Waals surface area contributed by atoms with E-state index in [2.05, 4.69) is 32.4 Å². The van der Waals surface area contributed by atoms with E-state index in [1.807, 2.05) is 13.8 Å². The fraction of sp³-hybridized carbons (Fsp3) is 0.806. The van der Waals surface area contributed by atoms with Gasteiger partial charge in [0.1, 0.15) is 11.4 Å². The van der Waals surface area contributed by atoms with Crippen LogP contribution in [0.2, 0.25) is 0 Å². The van der Waals surface area contributed by atoms with Gasteiger partial charge in [0.15, 0.2) is 0 Å². The zero-order valence-corrected chi connectivity index (χ0v) is 29.0. The van der Waals surface area contributed by atoms with Crippen molar-refractivity contribution in [2.45, 2.75) is 134 Å². The number of aliphatic hydroxyl groups is 1. The van der Waals surface area contributed by atoms with Crippen LogP contribution in [0.5, 0.6) is 5.75 Å². The third-order valence-corrected chi connectivity index (χ3v) is 15.1. The molecule has 4 aliphatic carbocycles. The van der Waals surface area contributed by atoms with Crippen LogP contribution in [0.15, 0.2) is 23.1 Å². The highest BCUT2D eigenvalue weighted by Gasteiger charge is 2.68. The lowest BCUT2D eigenvalue weighted by molar-refractivity contribution is -0.204. The average molecular weight is 645 g/mol. The smallest absolute Gasteiger partial charge is 0.421 e. The number of rotatable bonds is 6. The van der Waals surface area contributed by atoms with Gasteiger partial charge < -0.3 is 20.3 Å². The van der Waals surface area contributed by atoms with Gasteiger partial charge in [-0.25, -0.2) is 17.9 Å². The number of nitrogens with two attached hydrogens (primary N) is 1. The molecule has 0 radical (unpaired) electrons. The van der Waals surface area contributed by atoms with Crippen molar-refractivity contribution in [1.82, 2.24) is 4.72 Å². The summed E-state index contributed by atoms with van der Waals surface area (Å²) in [5, 5.41) is 12.0. The number of aryl methyl sites for hydroxylation is 1.